The number of nitrogens with zero attached hydrogens (tertiary/aromatic N) is 1. The van der Waals surface area contributed by atoms with E-state index in [0.29, 0.717) is 10.8 Å². The summed E-state index contributed by atoms with van der Waals surface area (Å²) in [5.74, 6) is 0.335. The monoisotopic (exact) mass is 268 g/mol. The van der Waals surface area contributed by atoms with Gasteiger partial charge in [0, 0.05) is 12.6 Å². The molecule has 1 aliphatic heterocycles. The summed E-state index contributed by atoms with van der Waals surface area (Å²) < 4.78 is 27.2. The highest BCUT2D eigenvalue weighted by molar-refractivity contribution is 7.89. The summed E-state index contributed by atoms with van der Waals surface area (Å²) in [5.41, 5.74) is 0. The standard InChI is InChI=1S/C13H20N2O2S/c1-11-10-15(2)9-8-13(11)14-18(16,17)12-6-4-3-5-7-12/h3-7,11,13-14H,8-10H2,1-2H3. The van der Waals surface area contributed by atoms with Gasteiger partial charge in [0.05, 0.1) is 4.90 Å². The minimum absolute atomic E-state index is 0.0337. The Morgan fingerprint density at radius 3 is 2.56 bits per heavy atom. The minimum atomic E-state index is -3.38. The van der Waals surface area contributed by atoms with Crippen LogP contribution in [0.5, 0.6) is 0 Å². The van der Waals surface area contributed by atoms with Gasteiger partial charge in [-0.15, -0.1) is 0 Å². The summed E-state index contributed by atoms with van der Waals surface area (Å²) in [7, 11) is -1.31. The first kappa shape index (κ1) is 13.5. The molecular weight excluding hydrogens is 248 g/mol. The minimum Gasteiger partial charge on any atom is -0.306 e. The Morgan fingerprint density at radius 2 is 1.94 bits per heavy atom. The lowest BCUT2D eigenvalue weighted by Gasteiger charge is -2.34. The van der Waals surface area contributed by atoms with Gasteiger partial charge in [-0.25, -0.2) is 13.1 Å². The van der Waals surface area contributed by atoms with E-state index in [4.69, 9.17) is 0 Å². The summed E-state index contributed by atoms with van der Waals surface area (Å²) in [6, 6.07) is 8.59. The summed E-state index contributed by atoms with van der Waals surface area (Å²) in [6.45, 7) is 3.96. The first-order chi connectivity index (χ1) is 8.49. The van der Waals surface area contributed by atoms with Crippen LogP contribution in [0.15, 0.2) is 35.2 Å². The molecule has 2 atom stereocenters. The molecule has 2 unspecified atom stereocenters. The Kier molecular flexibility index (Phi) is 4.04. The fourth-order valence-corrected chi connectivity index (χ4v) is 3.80. The smallest absolute Gasteiger partial charge is 0.240 e. The van der Waals surface area contributed by atoms with Crippen molar-refractivity contribution in [1.82, 2.24) is 9.62 Å². The zero-order valence-electron chi connectivity index (χ0n) is 10.8. The molecule has 0 spiro atoms. The highest BCUT2D eigenvalue weighted by atomic mass is 32.2. The van der Waals surface area contributed by atoms with Crippen molar-refractivity contribution in [2.45, 2.75) is 24.3 Å². The van der Waals surface area contributed by atoms with E-state index >= 15 is 0 Å². The first-order valence-electron chi connectivity index (χ1n) is 6.25. The predicted octanol–water partition coefficient (Wildman–Crippen LogP) is 1.31. The lowest BCUT2D eigenvalue weighted by molar-refractivity contribution is 0.188. The maximum Gasteiger partial charge on any atom is 0.240 e. The molecule has 5 heteroatoms. The van der Waals surface area contributed by atoms with Crippen molar-refractivity contribution in [3.63, 3.8) is 0 Å². The summed E-state index contributed by atoms with van der Waals surface area (Å²) in [5, 5.41) is 0. The molecule has 2 rings (SSSR count). The molecule has 0 aliphatic carbocycles. The highest BCUT2D eigenvalue weighted by Gasteiger charge is 2.28. The Hall–Kier alpha value is -0.910. The molecule has 100 valence electrons. The second-order valence-electron chi connectivity index (χ2n) is 5.07. The molecule has 18 heavy (non-hydrogen) atoms. The zero-order chi connectivity index (χ0) is 13.2. The second-order valence-corrected chi connectivity index (χ2v) is 6.78. The molecule has 1 fully saturated rings. The van der Waals surface area contributed by atoms with Crippen molar-refractivity contribution >= 4 is 10.0 Å². The van der Waals surface area contributed by atoms with E-state index < -0.39 is 10.0 Å². The molecule has 0 amide bonds. The summed E-state index contributed by atoms with van der Waals surface area (Å²) in [6.07, 6.45) is 0.865. The molecule has 0 radical (unpaired) electrons. The van der Waals surface area contributed by atoms with Crippen molar-refractivity contribution in [3.05, 3.63) is 30.3 Å². The average molecular weight is 268 g/mol. The van der Waals surface area contributed by atoms with E-state index in [-0.39, 0.29) is 6.04 Å². The Bertz CT molecular complexity index is 487. The molecule has 1 aromatic carbocycles. The van der Waals surface area contributed by atoms with Gasteiger partial charge in [0.1, 0.15) is 0 Å². The lowest BCUT2D eigenvalue weighted by Crippen LogP contribution is -2.48. The lowest BCUT2D eigenvalue weighted by atomic mass is 9.95. The van der Waals surface area contributed by atoms with Crippen molar-refractivity contribution in [2.24, 2.45) is 5.92 Å². The van der Waals surface area contributed by atoms with Gasteiger partial charge in [-0.2, -0.15) is 0 Å². The zero-order valence-corrected chi connectivity index (χ0v) is 11.7. The van der Waals surface area contributed by atoms with Gasteiger partial charge in [0.25, 0.3) is 0 Å². The Labute approximate surface area is 109 Å². The number of sulfonamides is 1. The third-order valence-corrected chi connectivity index (χ3v) is 4.97. The van der Waals surface area contributed by atoms with Gasteiger partial charge in [-0.1, -0.05) is 25.1 Å². The molecule has 0 bridgehead atoms. The largest absolute Gasteiger partial charge is 0.306 e. The fraction of sp³-hybridized carbons (Fsp3) is 0.538. The van der Waals surface area contributed by atoms with Gasteiger partial charge in [0.2, 0.25) is 10.0 Å². The van der Waals surface area contributed by atoms with Crippen LogP contribution >= 0.6 is 0 Å². The van der Waals surface area contributed by atoms with E-state index in [1.807, 2.05) is 6.07 Å². The molecule has 4 nitrogen and oxygen atoms in total. The van der Waals surface area contributed by atoms with Crippen molar-refractivity contribution in [1.29, 1.82) is 0 Å². The molecule has 1 aromatic rings. The molecular formula is C13H20N2O2S. The predicted molar refractivity (Wildman–Crippen MR) is 71.8 cm³/mol. The van der Waals surface area contributed by atoms with Gasteiger partial charge in [-0.05, 0) is 38.1 Å². The van der Waals surface area contributed by atoms with Crippen LogP contribution in [0.4, 0.5) is 0 Å². The molecule has 1 N–H and O–H groups in total. The average Bonchev–Trinajstić information content (AvgIpc) is 2.34. The van der Waals surface area contributed by atoms with E-state index in [0.717, 1.165) is 19.5 Å². The van der Waals surface area contributed by atoms with Crippen LogP contribution in [-0.2, 0) is 10.0 Å². The molecule has 1 heterocycles. The van der Waals surface area contributed by atoms with Crippen LogP contribution in [-0.4, -0.2) is 39.5 Å². The maximum absolute atomic E-state index is 12.2. The third kappa shape index (κ3) is 3.10. The molecule has 0 aromatic heterocycles. The molecule has 1 aliphatic rings. The van der Waals surface area contributed by atoms with Gasteiger partial charge in [0.15, 0.2) is 0 Å². The van der Waals surface area contributed by atoms with Gasteiger partial charge in [-0.3, -0.25) is 0 Å². The van der Waals surface area contributed by atoms with Crippen LogP contribution in [0.2, 0.25) is 0 Å². The topological polar surface area (TPSA) is 49.4 Å². The van der Waals surface area contributed by atoms with Crippen molar-refractivity contribution in [3.8, 4) is 0 Å². The number of hydrogen-bond donors (Lipinski definition) is 1. The van der Waals surface area contributed by atoms with Crippen molar-refractivity contribution < 1.29 is 8.42 Å². The molecule has 1 saturated heterocycles. The van der Waals surface area contributed by atoms with Gasteiger partial charge < -0.3 is 4.90 Å². The third-order valence-electron chi connectivity index (χ3n) is 3.47. The van der Waals surface area contributed by atoms with Gasteiger partial charge >= 0.3 is 0 Å². The Morgan fingerprint density at radius 1 is 1.28 bits per heavy atom. The summed E-state index contributed by atoms with van der Waals surface area (Å²) >= 11 is 0. The summed E-state index contributed by atoms with van der Waals surface area (Å²) in [4.78, 5) is 2.58. The van der Waals surface area contributed by atoms with Crippen LogP contribution in [0, 0.1) is 5.92 Å². The van der Waals surface area contributed by atoms with Crippen LogP contribution < -0.4 is 4.72 Å². The maximum atomic E-state index is 12.2. The van der Waals surface area contributed by atoms with Crippen LogP contribution in [0.25, 0.3) is 0 Å². The van der Waals surface area contributed by atoms with E-state index in [9.17, 15) is 8.42 Å². The highest BCUT2D eigenvalue weighted by Crippen LogP contribution is 2.18. The van der Waals surface area contributed by atoms with E-state index in [2.05, 4.69) is 23.6 Å². The van der Waals surface area contributed by atoms with E-state index in [1.165, 1.54) is 0 Å². The molecule has 0 saturated carbocycles. The quantitative estimate of drug-likeness (QED) is 0.899. The Balaban J connectivity index is 2.09. The second kappa shape index (κ2) is 5.38. The number of rotatable bonds is 3. The van der Waals surface area contributed by atoms with Crippen molar-refractivity contribution in [2.75, 3.05) is 20.1 Å². The SMILES string of the molecule is CC1CN(C)CCC1NS(=O)(=O)c1ccccc1. The van der Waals surface area contributed by atoms with E-state index in [1.54, 1.807) is 24.3 Å². The number of nitrogens with one attached hydrogen (secondary N) is 1. The van der Waals surface area contributed by atoms with Crippen LogP contribution in [0.1, 0.15) is 13.3 Å². The fourth-order valence-electron chi connectivity index (χ4n) is 2.40. The number of benzene rings is 1. The first-order valence-corrected chi connectivity index (χ1v) is 7.73. The van der Waals surface area contributed by atoms with Crippen LogP contribution in [0.3, 0.4) is 0 Å². The normalized spacial score (nSPS) is 26.1. The number of likely N-dealkylation sites (tertiary alicyclic amines) is 1. The number of hydrogen-bond acceptors (Lipinski definition) is 3. The number of piperidine rings is 1.